The van der Waals surface area contributed by atoms with Crippen LogP contribution in [0.1, 0.15) is 18.1 Å². The van der Waals surface area contributed by atoms with E-state index in [1.807, 2.05) is 18.2 Å². The number of nitrogens with zero attached hydrogens (tertiary/aromatic N) is 2. The van der Waals surface area contributed by atoms with Crippen molar-refractivity contribution in [1.29, 1.82) is 0 Å². The number of sulfonamides is 1. The number of nitrogens with one attached hydrogen (secondary N) is 1. The second kappa shape index (κ2) is 10.8. The molecule has 1 aliphatic rings. The summed E-state index contributed by atoms with van der Waals surface area (Å²) in [6, 6.07) is 13.9. The molecule has 0 bridgehead atoms. The van der Waals surface area contributed by atoms with Crippen molar-refractivity contribution in [3.8, 4) is 5.75 Å². The Kier molecular flexibility index (Phi) is 8.06. The van der Waals surface area contributed by atoms with Gasteiger partial charge in [0.05, 0.1) is 18.0 Å². The molecule has 32 heavy (non-hydrogen) atoms. The lowest BCUT2D eigenvalue weighted by Crippen LogP contribution is -2.54. The second-order valence-corrected chi connectivity index (χ2v) is 9.63. The average Bonchev–Trinajstić information content (AvgIpc) is 2.79. The Morgan fingerprint density at radius 2 is 1.81 bits per heavy atom. The lowest BCUT2D eigenvalue weighted by Gasteiger charge is -2.35. The summed E-state index contributed by atoms with van der Waals surface area (Å²) >= 11 is 0. The molecule has 8 heteroatoms. The van der Waals surface area contributed by atoms with Gasteiger partial charge in [0.15, 0.2) is 0 Å². The maximum Gasteiger partial charge on any atom is 0.241 e. The van der Waals surface area contributed by atoms with E-state index >= 15 is 0 Å². The molecule has 7 nitrogen and oxygen atoms in total. The number of rotatable bonds is 8. The highest BCUT2D eigenvalue weighted by Crippen LogP contribution is 2.21. The van der Waals surface area contributed by atoms with Crippen molar-refractivity contribution in [2.45, 2.75) is 24.8 Å². The molecule has 1 N–H and O–H groups in total. The number of benzene rings is 2. The minimum absolute atomic E-state index is 0.116. The molecule has 2 aromatic rings. The normalized spacial score (nSPS) is 16.3. The maximum atomic E-state index is 12.8. The van der Waals surface area contributed by atoms with Crippen LogP contribution in [-0.4, -0.2) is 70.0 Å². The highest BCUT2D eigenvalue weighted by molar-refractivity contribution is 7.89. The molecule has 2 aromatic carbocycles. The van der Waals surface area contributed by atoms with Gasteiger partial charge in [-0.2, -0.15) is 4.72 Å². The third kappa shape index (κ3) is 6.18. The van der Waals surface area contributed by atoms with E-state index in [1.54, 1.807) is 30.9 Å². The van der Waals surface area contributed by atoms with Crippen LogP contribution in [0, 0.1) is 6.92 Å². The first kappa shape index (κ1) is 24.0. The zero-order valence-corrected chi connectivity index (χ0v) is 19.6. The molecule has 1 fully saturated rings. The minimum Gasteiger partial charge on any atom is -0.496 e. The summed E-state index contributed by atoms with van der Waals surface area (Å²) in [7, 11) is -2.28. The monoisotopic (exact) mass is 457 g/mol. The molecule has 1 amide bonds. The molecular formula is C24H31N3O4S. The quantitative estimate of drug-likeness (QED) is 0.659. The predicted octanol–water partition coefficient (Wildman–Crippen LogP) is 2.53. The molecule has 1 saturated heterocycles. The Balaban J connectivity index is 1.51. The molecule has 172 valence electrons. The van der Waals surface area contributed by atoms with Crippen LogP contribution in [-0.2, 0) is 14.8 Å². The zero-order chi connectivity index (χ0) is 23.1. The average molecular weight is 458 g/mol. The molecule has 0 unspecified atom stereocenters. The van der Waals surface area contributed by atoms with E-state index < -0.39 is 16.1 Å². The SMILES string of the molecule is COc1ccc(S(=O)(=O)N[C@@H](C)C(=O)N2CCN(C/C=C/c3ccccc3)CC2)cc1C. The molecule has 0 radical (unpaired) electrons. The number of methoxy groups -OCH3 is 1. The molecule has 1 atom stereocenters. The van der Waals surface area contributed by atoms with Crippen LogP contribution in [0.15, 0.2) is 59.5 Å². The zero-order valence-electron chi connectivity index (χ0n) is 18.8. The molecule has 1 heterocycles. The first-order chi connectivity index (χ1) is 15.3. The van der Waals surface area contributed by atoms with Crippen LogP contribution in [0.25, 0.3) is 6.08 Å². The van der Waals surface area contributed by atoms with Crippen LogP contribution in [0.3, 0.4) is 0 Å². The topological polar surface area (TPSA) is 78.9 Å². The lowest BCUT2D eigenvalue weighted by atomic mass is 10.2. The van der Waals surface area contributed by atoms with E-state index in [-0.39, 0.29) is 10.8 Å². The molecule has 0 aromatic heterocycles. The van der Waals surface area contributed by atoms with Gasteiger partial charge in [-0.1, -0.05) is 42.5 Å². The highest BCUT2D eigenvalue weighted by atomic mass is 32.2. The van der Waals surface area contributed by atoms with Crippen molar-refractivity contribution in [2.24, 2.45) is 0 Å². The van der Waals surface area contributed by atoms with Gasteiger partial charge in [0.1, 0.15) is 5.75 Å². The van der Waals surface area contributed by atoms with E-state index in [9.17, 15) is 13.2 Å². The predicted molar refractivity (Wildman–Crippen MR) is 126 cm³/mol. The molecule has 3 rings (SSSR count). The third-order valence-corrected chi connectivity index (χ3v) is 7.07. The van der Waals surface area contributed by atoms with Gasteiger partial charge in [0.25, 0.3) is 0 Å². The van der Waals surface area contributed by atoms with Crippen LogP contribution in [0.4, 0.5) is 0 Å². The maximum absolute atomic E-state index is 12.8. The van der Waals surface area contributed by atoms with Crippen molar-refractivity contribution in [3.63, 3.8) is 0 Å². The summed E-state index contributed by atoms with van der Waals surface area (Å²) in [4.78, 5) is 16.9. The van der Waals surface area contributed by atoms with Crippen molar-refractivity contribution < 1.29 is 17.9 Å². The van der Waals surface area contributed by atoms with Crippen molar-refractivity contribution in [1.82, 2.24) is 14.5 Å². The summed E-state index contributed by atoms with van der Waals surface area (Å²) in [6.07, 6.45) is 4.22. The Bertz CT molecular complexity index is 1050. The Labute approximate surface area is 190 Å². The number of amides is 1. The fraction of sp³-hybridized carbons (Fsp3) is 0.375. The smallest absolute Gasteiger partial charge is 0.241 e. The van der Waals surface area contributed by atoms with Crippen LogP contribution in [0.2, 0.25) is 0 Å². The lowest BCUT2D eigenvalue weighted by molar-refractivity contribution is -0.134. The number of carbonyl (C=O) groups excluding carboxylic acids is 1. The summed E-state index contributed by atoms with van der Waals surface area (Å²) < 4.78 is 33.2. The van der Waals surface area contributed by atoms with Crippen molar-refractivity contribution in [2.75, 3.05) is 39.8 Å². The van der Waals surface area contributed by atoms with Gasteiger partial charge in [-0.15, -0.1) is 0 Å². The number of ether oxygens (including phenoxy) is 1. The molecular weight excluding hydrogens is 426 g/mol. The van der Waals surface area contributed by atoms with Crippen LogP contribution >= 0.6 is 0 Å². The van der Waals surface area contributed by atoms with E-state index in [4.69, 9.17) is 4.74 Å². The van der Waals surface area contributed by atoms with E-state index in [0.29, 0.717) is 24.4 Å². The molecule has 1 aliphatic heterocycles. The van der Waals surface area contributed by atoms with Gasteiger partial charge in [0.2, 0.25) is 15.9 Å². The third-order valence-electron chi connectivity index (χ3n) is 5.54. The van der Waals surface area contributed by atoms with E-state index in [1.165, 1.54) is 13.2 Å². The summed E-state index contributed by atoms with van der Waals surface area (Å²) in [5.74, 6) is 0.405. The Hall–Kier alpha value is -2.68. The first-order valence-corrected chi connectivity index (χ1v) is 12.2. The van der Waals surface area contributed by atoms with Gasteiger partial charge >= 0.3 is 0 Å². The second-order valence-electron chi connectivity index (χ2n) is 7.91. The van der Waals surface area contributed by atoms with Gasteiger partial charge in [-0.05, 0) is 43.2 Å². The highest BCUT2D eigenvalue weighted by Gasteiger charge is 2.28. The van der Waals surface area contributed by atoms with Gasteiger partial charge < -0.3 is 9.64 Å². The van der Waals surface area contributed by atoms with Crippen LogP contribution in [0.5, 0.6) is 5.75 Å². The Morgan fingerprint density at radius 1 is 1.12 bits per heavy atom. The largest absolute Gasteiger partial charge is 0.496 e. The van der Waals surface area contributed by atoms with Crippen LogP contribution < -0.4 is 9.46 Å². The number of carbonyl (C=O) groups is 1. The van der Waals surface area contributed by atoms with Crippen molar-refractivity contribution in [3.05, 3.63) is 65.7 Å². The summed E-state index contributed by atoms with van der Waals surface area (Å²) in [5, 5.41) is 0. The Morgan fingerprint density at radius 3 is 2.44 bits per heavy atom. The minimum atomic E-state index is -3.81. The fourth-order valence-corrected chi connectivity index (χ4v) is 4.98. The molecule has 0 aliphatic carbocycles. The standard InChI is InChI=1S/C24H31N3O4S/c1-19-18-22(11-12-23(19)31-3)32(29,30)25-20(2)24(28)27-16-14-26(15-17-27)13-7-10-21-8-5-4-6-9-21/h4-12,18,20,25H,13-17H2,1-3H3/b10-7+/t20-/m0/s1. The summed E-state index contributed by atoms with van der Waals surface area (Å²) in [6.45, 7) is 6.84. The molecule has 0 spiro atoms. The van der Waals surface area contributed by atoms with E-state index in [2.05, 4.69) is 33.9 Å². The van der Waals surface area contributed by atoms with E-state index in [0.717, 1.165) is 25.2 Å². The van der Waals surface area contributed by atoms with Gasteiger partial charge in [-0.25, -0.2) is 8.42 Å². The number of hydrogen-bond acceptors (Lipinski definition) is 5. The fourth-order valence-electron chi connectivity index (χ4n) is 3.70. The number of piperazine rings is 1. The first-order valence-electron chi connectivity index (χ1n) is 10.7. The number of hydrogen-bond donors (Lipinski definition) is 1. The van der Waals surface area contributed by atoms with Gasteiger partial charge in [-0.3, -0.25) is 9.69 Å². The van der Waals surface area contributed by atoms with Crippen molar-refractivity contribution >= 4 is 22.0 Å². The molecule has 0 saturated carbocycles. The van der Waals surface area contributed by atoms with Gasteiger partial charge in [0, 0.05) is 32.7 Å². The summed E-state index contributed by atoms with van der Waals surface area (Å²) in [5.41, 5.74) is 1.88. The number of aryl methyl sites for hydroxylation is 1.